The van der Waals surface area contributed by atoms with Crippen LogP contribution in [-0.4, -0.2) is 24.8 Å². The summed E-state index contributed by atoms with van der Waals surface area (Å²) in [5.74, 6) is 0.124. The third-order valence-electron chi connectivity index (χ3n) is 3.76. The standard InChI is InChI=1S/C18H17FN2O3/c1-23-16-5-3-2-4-14(16)15-10-17(24-21-15)18(22)20-11-12-6-8-13(19)9-7-12/h2-9,17H,10-11H2,1H3,(H,20,22)/t17-/m0/s1. The molecule has 0 unspecified atom stereocenters. The monoisotopic (exact) mass is 328 g/mol. The Labute approximate surface area is 139 Å². The van der Waals surface area contributed by atoms with Crippen LogP contribution in [0.3, 0.4) is 0 Å². The van der Waals surface area contributed by atoms with Gasteiger partial charge in [0.05, 0.1) is 12.8 Å². The fraction of sp³-hybridized carbons (Fsp3) is 0.222. The van der Waals surface area contributed by atoms with E-state index in [0.29, 0.717) is 24.4 Å². The maximum absolute atomic E-state index is 12.9. The third kappa shape index (κ3) is 3.53. The van der Waals surface area contributed by atoms with Crippen molar-refractivity contribution in [3.8, 4) is 5.75 Å². The summed E-state index contributed by atoms with van der Waals surface area (Å²) in [5.41, 5.74) is 2.30. The van der Waals surface area contributed by atoms with Gasteiger partial charge >= 0.3 is 0 Å². The van der Waals surface area contributed by atoms with Gasteiger partial charge in [0.25, 0.3) is 5.91 Å². The number of nitrogens with zero attached hydrogens (tertiary/aromatic N) is 1. The summed E-state index contributed by atoms with van der Waals surface area (Å²) in [4.78, 5) is 17.5. The fourth-order valence-corrected chi connectivity index (χ4v) is 2.47. The molecule has 0 bridgehead atoms. The molecule has 1 heterocycles. The number of para-hydroxylation sites is 1. The Bertz CT molecular complexity index is 759. The zero-order valence-corrected chi connectivity index (χ0v) is 13.2. The lowest BCUT2D eigenvalue weighted by molar-refractivity contribution is -0.131. The van der Waals surface area contributed by atoms with Gasteiger partial charge < -0.3 is 14.9 Å². The predicted octanol–water partition coefficient (Wildman–Crippen LogP) is 2.64. The van der Waals surface area contributed by atoms with Gasteiger partial charge in [-0.05, 0) is 29.8 Å². The SMILES string of the molecule is COc1ccccc1C1=NO[C@H](C(=O)NCc2ccc(F)cc2)C1. The second-order valence-electron chi connectivity index (χ2n) is 5.38. The van der Waals surface area contributed by atoms with Crippen LogP contribution in [0.5, 0.6) is 5.75 Å². The number of rotatable bonds is 5. The number of hydrogen-bond donors (Lipinski definition) is 1. The van der Waals surface area contributed by atoms with E-state index in [1.54, 1.807) is 19.2 Å². The molecule has 0 saturated carbocycles. The Hall–Kier alpha value is -2.89. The van der Waals surface area contributed by atoms with Crippen molar-refractivity contribution < 1.29 is 18.8 Å². The van der Waals surface area contributed by atoms with Crippen molar-refractivity contribution >= 4 is 11.6 Å². The molecule has 5 nitrogen and oxygen atoms in total. The molecule has 6 heteroatoms. The zero-order valence-electron chi connectivity index (χ0n) is 13.2. The summed E-state index contributed by atoms with van der Waals surface area (Å²) in [6.45, 7) is 0.308. The van der Waals surface area contributed by atoms with Gasteiger partial charge in [-0.25, -0.2) is 4.39 Å². The van der Waals surface area contributed by atoms with Gasteiger partial charge in [0.1, 0.15) is 11.6 Å². The van der Waals surface area contributed by atoms with Crippen LogP contribution < -0.4 is 10.1 Å². The smallest absolute Gasteiger partial charge is 0.264 e. The molecule has 0 fully saturated rings. The van der Waals surface area contributed by atoms with Crippen molar-refractivity contribution in [2.45, 2.75) is 19.1 Å². The van der Waals surface area contributed by atoms with E-state index in [0.717, 1.165) is 11.1 Å². The van der Waals surface area contributed by atoms with Gasteiger partial charge in [0, 0.05) is 18.5 Å². The van der Waals surface area contributed by atoms with E-state index in [2.05, 4.69) is 10.5 Å². The quantitative estimate of drug-likeness (QED) is 0.918. The van der Waals surface area contributed by atoms with Crippen molar-refractivity contribution in [1.29, 1.82) is 0 Å². The molecule has 2 aromatic rings. The Kier molecular flexibility index (Phi) is 4.74. The summed E-state index contributed by atoms with van der Waals surface area (Å²) in [6.07, 6.45) is -0.305. The molecular formula is C18H17FN2O3. The number of methoxy groups -OCH3 is 1. The average Bonchev–Trinajstić information content (AvgIpc) is 3.11. The minimum absolute atomic E-state index is 0.257. The van der Waals surface area contributed by atoms with Crippen molar-refractivity contribution in [2.24, 2.45) is 5.16 Å². The first-order valence-corrected chi connectivity index (χ1v) is 7.55. The highest BCUT2D eigenvalue weighted by Crippen LogP contribution is 2.24. The lowest BCUT2D eigenvalue weighted by atomic mass is 10.0. The first-order valence-electron chi connectivity index (χ1n) is 7.55. The van der Waals surface area contributed by atoms with E-state index in [1.165, 1.54) is 12.1 Å². The lowest BCUT2D eigenvalue weighted by Gasteiger charge is -2.10. The summed E-state index contributed by atoms with van der Waals surface area (Å²) in [5, 5.41) is 6.78. The van der Waals surface area contributed by atoms with E-state index in [1.807, 2.05) is 24.3 Å². The molecule has 3 rings (SSSR count). The summed E-state index contributed by atoms with van der Waals surface area (Å²) in [6, 6.07) is 13.4. The minimum Gasteiger partial charge on any atom is -0.496 e. The van der Waals surface area contributed by atoms with Gasteiger partial charge in [-0.2, -0.15) is 0 Å². The minimum atomic E-state index is -0.676. The molecule has 1 atom stereocenters. The summed E-state index contributed by atoms with van der Waals surface area (Å²) < 4.78 is 18.2. The molecular weight excluding hydrogens is 311 g/mol. The van der Waals surface area contributed by atoms with Crippen molar-refractivity contribution in [2.75, 3.05) is 7.11 Å². The van der Waals surface area contributed by atoms with E-state index in [9.17, 15) is 9.18 Å². The highest BCUT2D eigenvalue weighted by atomic mass is 19.1. The summed E-state index contributed by atoms with van der Waals surface area (Å²) in [7, 11) is 1.59. The number of benzene rings is 2. The molecule has 124 valence electrons. The van der Waals surface area contributed by atoms with Crippen molar-refractivity contribution in [3.05, 3.63) is 65.5 Å². The number of nitrogens with one attached hydrogen (secondary N) is 1. The van der Waals surface area contributed by atoms with Gasteiger partial charge in [0.2, 0.25) is 6.10 Å². The van der Waals surface area contributed by atoms with Gasteiger partial charge in [-0.3, -0.25) is 4.79 Å². The van der Waals surface area contributed by atoms with E-state index in [-0.39, 0.29) is 11.7 Å². The van der Waals surface area contributed by atoms with Crippen LogP contribution in [0.4, 0.5) is 4.39 Å². The second kappa shape index (κ2) is 7.12. The largest absolute Gasteiger partial charge is 0.496 e. The molecule has 2 aromatic carbocycles. The third-order valence-corrected chi connectivity index (χ3v) is 3.76. The highest BCUT2D eigenvalue weighted by molar-refractivity contribution is 6.05. The van der Waals surface area contributed by atoms with E-state index < -0.39 is 6.10 Å². The summed E-state index contributed by atoms with van der Waals surface area (Å²) >= 11 is 0. The first-order chi connectivity index (χ1) is 11.7. The van der Waals surface area contributed by atoms with Crippen LogP contribution in [0, 0.1) is 5.82 Å². The molecule has 1 aliphatic rings. The number of carbonyl (C=O) groups excluding carboxylic acids is 1. The normalized spacial score (nSPS) is 16.2. The molecule has 1 N–H and O–H groups in total. The Morgan fingerprint density at radius 1 is 1.29 bits per heavy atom. The zero-order chi connectivity index (χ0) is 16.9. The number of halogens is 1. The van der Waals surface area contributed by atoms with E-state index in [4.69, 9.17) is 9.57 Å². The second-order valence-corrected chi connectivity index (χ2v) is 5.38. The Morgan fingerprint density at radius 2 is 2.04 bits per heavy atom. The number of hydrogen-bond acceptors (Lipinski definition) is 4. The molecule has 0 aromatic heterocycles. The molecule has 0 saturated heterocycles. The lowest BCUT2D eigenvalue weighted by Crippen LogP contribution is -2.34. The number of amides is 1. The van der Waals surface area contributed by atoms with Crippen molar-refractivity contribution in [3.63, 3.8) is 0 Å². The molecule has 0 radical (unpaired) electrons. The molecule has 1 amide bonds. The number of ether oxygens (including phenoxy) is 1. The van der Waals surface area contributed by atoms with Gasteiger partial charge in [-0.1, -0.05) is 29.4 Å². The topological polar surface area (TPSA) is 59.9 Å². The van der Waals surface area contributed by atoms with Crippen LogP contribution in [0.1, 0.15) is 17.5 Å². The molecule has 0 spiro atoms. The van der Waals surface area contributed by atoms with Gasteiger partial charge in [0.15, 0.2) is 0 Å². The maximum atomic E-state index is 12.9. The molecule has 24 heavy (non-hydrogen) atoms. The van der Waals surface area contributed by atoms with Crippen LogP contribution in [0.25, 0.3) is 0 Å². The molecule has 0 aliphatic carbocycles. The van der Waals surface area contributed by atoms with Crippen molar-refractivity contribution in [1.82, 2.24) is 5.32 Å². The number of oxime groups is 1. The predicted molar refractivity (Wildman–Crippen MR) is 87.3 cm³/mol. The van der Waals surface area contributed by atoms with Crippen LogP contribution in [-0.2, 0) is 16.2 Å². The Balaban J connectivity index is 1.58. The van der Waals surface area contributed by atoms with Crippen LogP contribution in [0.15, 0.2) is 53.7 Å². The Morgan fingerprint density at radius 3 is 2.79 bits per heavy atom. The van der Waals surface area contributed by atoms with E-state index >= 15 is 0 Å². The first kappa shape index (κ1) is 16.0. The highest BCUT2D eigenvalue weighted by Gasteiger charge is 2.29. The average molecular weight is 328 g/mol. The van der Waals surface area contributed by atoms with Gasteiger partial charge in [-0.15, -0.1) is 0 Å². The molecule has 1 aliphatic heterocycles. The fourth-order valence-electron chi connectivity index (χ4n) is 2.47. The number of carbonyl (C=O) groups is 1. The van der Waals surface area contributed by atoms with Crippen LogP contribution in [0.2, 0.25) is 0 Å². The van der Waals surface area contributed by atoms with Crippen LogP contribution >= 0.6 is 0 Å². The maximum Gasteiger partial charge on any atom is 0.264 e.